The number of rotatable bonds is 11. The van der Waals surface area contributed by atoms with Gasteiger partial charge in [-0.25, -0.2) is 9.78 Å². The Morgan fingerprint density at radius 3 is 2.61 bits per heavy atom. The van der Waals surface area contributed by atoms with Crippen molar-refractivity contribution in [2.24, 2.45) is 0 Å². The predicted octanol–water partition coefficient (Wildman–Crippen LogP) is 5.38. The van der Waals surface area contributed by atoms with Crippen LogP contribution in [0.5, 0.6) is 23.0 Å². The number of carbonyl (C=O) groups is 3. The van der Waals surface area contributed by atoms with Gasteiger partial charge < -0.3 is 28.8 Å². The van der Waals surface area contributed by atoms with Crippen molar-refractivity contribution in [1.29, 1.82) is 0 Å². The molecule has 1 atom stereocenters. The molecule has 5 rings (SSSR count). The fourth-order valence-corrected chi connectivity index (χ4v) is 5.85. The molecule has 1 aromatic heterocycles. The topological polar surface area (TPSA) is 134 Å². The standard InChI is InChI=1S/C32H32N2O9S/c1-5-12-40-21-10-8-19(16-23(21)39-7-3)26-25(27(35)20-9-11-22-24(17-20)42-15-14-41-22)28(36)30(37)34(26)32-33-18(4)29(44-32)31(38)43-13-6-2/h6,8-11,16-17,26,35H,2,5,7,12-15H2,1,3-4H3. The summed E-state index contributed by atoms with van der Waals surface area (Å²) < 4.78 is 28.2. The van der Waals surface area contributed by atoms with Gasteiger partial charge in [0.25, 0.3) is 5.78 Å². The summed E-state index contributed by atoms with van der Waals surface area (Å²) in [6.07, 6.45) is 2.22. The summed E-state index contributed by atoms with van der Waals surface area (Å²) in [6, 6.07) is 8.73. The molecule has 1 N–H and O–H groups in total. The van der Waals surface area contributed by atoms with Gasteiger partial charge in [-0.15, -0.1) is 0 Å². The van der Waals surface area contributed by atoms with Crippen molar-refractivity contribution < 1.29 is 43.2 Å². The van der Waals surface area contributed by atoms with Gasteiger partial charge in [0.1, 0.15) is 30.5 Å². The van der Waals surface area contributed by atoms with E-state index >= 15 is 0 Å². The number of hydrogen-bond acceptors (Lipinski definition) is 11. The molecular weight excluding hydrogens is 588 g/mol. The number of nitrogens with zero attached hydrogens (tertiary/aromatic N) is 2. The number of aryl methyl sites for hydroxylation is 1. The van der Waals surface area contributed by atoms with Gasteiger partial charge in [0.2, 0.25) is 0 Å². The number of thiazole rings is 1. The van der Waals surface area contributed by atoms with Crippen LogP contribution in [-0.4, -0.2) is 60.8 Å². The highest BCUT2D eigenvalue weighted by Crippen LogP contribution is 2.46. The quantitative estimate of drug-likeness (QED) is 0.0979. The number of aromatic nitrogens is 1. The number of benzene rings is 2. The zero-order chi connectivity index (χ0) is 31.4. The first kappa shape index (κ1) is 30.6. The normalized spacial score (nSPS) is 17.0. The third-order valence-electron chi connectivity index (χ3n) is 6.81. The minimum atomic E-state index is -1.12. The monoisotopic (exact) mass is 620 g/mol. The minimum absolute atomic E-state index is 0.00178. The van der Waals surface area contributed by atoms with Crippen LogP contribution in [0.25, 0.3) is 5.76 Å². The zero-order valence-electron chi connectivity index (χ0n) is 24.6. The van der Waals surface area contributed by atoms with E-state index < -0.39 is 29.5 Å². The Morgan fingerprint density at radius 2 is 1.89 bits per heavy atom. The molecule has 2 aliphatic rings. The Bertz CT molecular complexity index is 1640. The number of ketones is 1. The molecule has 1 fully saturated rings. The highest BCUT2D eigenvalue weighted by Gasteiger charge is 2.49. The lowest BCUT2D eigenvalue weighted by Gasteiger charge is -2.24. The van der Waals surface area contributed by atoms with Crippen LogP contribution in [0.15, 0.2) is 54.6 Å². The second-order valence-corrected chi connectivity index (χ2v) is 10.8. The van der Waals surface area contributed by atoms with Crippen molar-refractivity contribution in [3.05, 3.63) is 76.3 Å². The number of fused-ring (bicyclic) bond motifs is 1. The van der Waals surface area contributed by atoms with Crippen LogP contribution in [0.2, 0.25) is 0 Å². The molecule has 3 heterocycles. The molecule has 0 bridgehead atoms. The van der Waals surface area contributed by atoms with E-state index in [0.717, 1.165) is 17.8 Å². The van der Waals surface area contributed by atoms with E-state index in [2.05, 4.69) is 11.6 Å². The van der Waals surface area contributed by atoms with Gasteiger partial charge in [0, 0.05) is 5.56 Å². The van der Waals surface area contributed by atoms with E-state index in [9.17, 15) is 19.5 Å². The number of amides is 1. The van der Waals surface area contributed by atoms with Crippen molar-refractivity contribution >= 4 is 39.9 Å². The molecule has 0 aliphatic carbocycles. The molecule has 2 aromatic carbocycles. The Balaban J connectivity index is 1.67. The Labute approximate surface area is 258 Å². The smallest absolute Gasteiger partial charge is 0.350 e. The lowest BCUT2D eigenvalue weighted by atomic mass is 9.95. The Morgan fingerprint density at radius 1 is 1.11 bits per heavy atom. The first-order valence-electron chi connectivity index (χ1n) is 14.1. The summed E-state index contributed by atoms with van der Waals surface area (Å²) in [5.74, 6) is -1.06. The van der Waals surface area contributed by atoms with Crippen molar-refractivity contribution in [1.82, 2.24) is 4.98 Å². The highest BCUT2D eigenvalue weighted by atomic mass is 32.1. The molecule has 2 aliphatic heterocycles. The van der Waals surface area contributed by atoms with Crippen LogP contribution >= 0.6 is 11.3 Å². The number of anilines is 1. The Hall–Kier alpha value is -4.84. The molecule has 12 heteroatoms. The lowest BCUT2D eigenvalue weighted by molar-refractivity contribution is -0.132. The third kappa shape index (κ3) is 5.85. The molecule has 1 saturated heterocycles. The SMILES string of the molecule is C=CCOC(=O)c1sc(N2C(=O)C(=O)C(=C(O)c3ccc4c(c3)OCCO4)C2c2ccc(OCCC)c(OCC)c2)nc1C. The number of Topliss-reactive ketones (excluding diaryl/α,β-unsaturated/α-hetero) is 1. The fraction of sp³-hybridized carbons (Fsp3) is 0.312. The first-order valence-corrected chi connectivity index (χ1v) is 15.0. The number of hydrogen-bond donors (Lipinski definition) is 1. The number of esters is 1. The molecular formula is C32H32N2O9S. The second kappa shape index (κ2) is 13.2. The van der Waals surface area contributed by atoms with Gasteiger partial charge in [-0.1, -0.05) is 37.0 Å². The maximum atomic E-state index is 13.7. The maximum absolute atomic E-state index is 13.7. The lowest BCUT2D eigenvalue weighted by Crippen LogP contribution is -2.29. The zero-order valence-corrected chi connectivity index (χ0v) is 25.4. The highest BCUT2D eigenvalue weighted by molar-refractivity contribution is 7.17. The van der Waals surface area contributed by atoms with Gasteiger partial charge in [0.15, 0.2) is 28.1 Å². The summed E-state index contributed by atoms with van der Waals surface area (Å²) in [7, 11) is 0. The molecule has 1 unspecified atom stereocenters. The van der Waals surface area contributed by atoms with Crippen LogP contribution in [0.3, 0.4) is 0 Å². The summed E-state index contributed by atoms with van der Waals surface area (Å²) in [4.78, 5) is 46.0. The maximum Gasteiger partial charge on any atom is 0.350 e. The summed E-state index contributed by atoms with van der Waals surface area (Å²) >= 11 is 0.913. The van der Waals surface area contributed by atoms with E-state index in [-0.39, 0.29) is 27.8 Å². The molecule has 0 saturated carbocycles. The second-order valence-electron chi connectivity index (χ2n) is 9.81. The largest absolute Gasteiger partial charge is 0.507 e. The molecule has 11 nitrogen and oxygen atoms in total. The van der Waals surface area contributed by atoms with Gasteiger partial charge in [0.05, 0.1) is 30.5 Å². The first-order chi connectivity index (χ1) is 21.3. The average molecular weight is 621 g/mol. The van der Waals surface area contributed by atoms with Crippen LogP contribution in [0.4, 0.5) is 5.13 Å². The molecule has 44 heavy (non-hydrogen) atoms. The fourth-order valence-electron chi connectivity index (χ4n) is 4.86. The minimum Gasteiger partial charge on any atom is -0.507 e. The molecule has 0 spiro atoms. The van der Waals surface area contributed by atoms with Crippen LogP contribution in [0, 0.1) is 6.92 Å². The molecule has 0 radical (unpaired) electrons. The number of aliphatic hydroxyl groups is 1. The van der Waals surface area contributed by atoms with Gasteiger partial charge >= 0.3 is 11.9 Å². The van der Waals surface area contributed by atoms with Crippen molar-refractivity contribution in [3.8, 4) is 23.0 Å². The van der Waals surface area contributed by atoms with Gasteiger partial charge in [-0.3, -0.25) is 14.5 Å². The van der Waals surface area contributed by atoms with Gasteiger partial charge in [-0.05, 0) is 56.2 Å². The molecule has 1 amide bonds. The summed E-state index contributed by atoms with van der Waals surface area (Å²) in [5.41, 5.74) is 0.873. The number of carbonyl (C=O) groups excluding carboxylic acids is 3. The van der Waals surface area contributed by atoms with Crippen molar-refractivity contribution in [3.63, 3.8) is 0 Å². The summed E-state index contributed by atoms with van der Waals surface area (Å²) in [6.45, 7) is 10.5. The van der Waals surface area contributed by atoms with E-state index in [1.807, 2.05) is 13.8 Å². The Kier molecular flexibility index (Phi) is 9.19. The van der Waals surface area contributed by atoms with Crippen LogP contribution in [-0.2, 0) is 14.3 Å². The van der Waals surface area contributed by atoms with E-state index in [1.165, 1.54) is 11.0 Å². The van der Waals surface area contributed by atoms with Gasteiger partial charge in [-0.2, -0.15) is 0 Å². The van der Waals surface area contributed by atoms with Crippen molar-refractivity contribution in [2.75, 3.05) is 37.9 Å². The predicted molar refractivity (Wildman–Crippen MR) is 163 cm³/mol. The van der Waals surface area contributed by atoms with Crippen LogP contribution in [0.1, 0.15) is 52.8 Å². The van der Waals surface area contributed by atoms with E-state index in [1.54, 1.807) is 43.3 Å². The third-order valence-corrected chi connectivity index (χ3v) is 7.95. The number of ether oxygens (including phenoxy) is 5. The number of aliphatic hydroxyl groups excluding tert-OH is 1. The van der Waals surface area contributed by atoms with Crippen molar-refractivity contribution in [2.45, 2.75) is 33.2 Å². The van der Waals surface area contributed by atoms with E-state index in [4.69, 9.17) is 23.7 Å². The average Bonchev–Trinajstić information content (AvgIpc) is 3.54. The van der Waals surface area contributed by atoms with E-state index in [0.29, 0.717) is 60.7 Å². The molecule has 230 valence electrons. The van der Waals surface area contributed by atoms with Crippen LogP contribution < -0.4 is 23.8 Å². The summed E-state index contributed by atoms with van der Waals surface area (Å²) in [5, 5.41) is 11.7. The molecule has 3 aromatic rings.